The molecule has 1 aromatic heterocycles. The summed E-state index contributed by atoms with van der Waals surface area (Å²) in [6.07, 6.45) is 7.21. The summed E-state index contributed by atoms with van der Waals surface area (Å²) in [4.78, 5) is 15.9. The fraction of sp³-hybridized carbons (Fsp3) is 0.526. The molecule has 1 aliphatic rings. The van der Waals surface area contributed by atoms with Gasteiger partial charge in [0.05, 0.1) is 19.2 Å². The summed E-state index contributed by atoms with van der Waals surface area (Å²) in [7, 11) is 0. The van der Waals surface area contributed by atoms with Crippen molar-refractivity contribution in [3.05, 3.63) is 35.7 Å². The molecule has 0 bridgehead atoms. The van der Waals surface area contributed by atoms with Crippen LogP contribution in [0.1, 0.15) is 60.7 Å². The standard InChI is InChI=1S/C19H27N5O2/c20-16(12-13-4-2-1-3-5-13)19-22-18(23-24(19)10-11-25)15-8-6-14(7-9-15)17(21)26/h6-9,13,16,25H,1-5,10-12,20H2,(H2,21,26)/t16-/m0/s1. The van der Waals surface area contributed by atoms with Gasteiger partial charge in [-0.3, -0.25) is 4.79 Å². The van der Waals surface area contributed by atoms with E-state index in [2.05, 4.69) is 10.1 Å². The number of aliphatic hydroxyl groups is 1. The van der Waals surface area contributed by atoms with E-state index in [0.717, 1.165) is 12.0 Å². The number of carbonyl (C=O) groups excluding carboxylic acids is 1. The van der Waals surface area contributed by atoms with E-state index in [4.69, 9.17) is 11.5 Å². The lowest BCUT2D eigenvalue weighted by molar-refractivity contribution is 0.100. The van der Waals surface area contributed by atoms with Gasteiger partial charge in [-0.2, -0.15) is 5.10 Å². The van der Waals surface area contributed by atoms with Crippen molar-refractivity contribution in [2.45, 2.75) is 51.1 Å². The van der Waals surface area contributed by atoms with Gasteiger partial charge in [-0.05, 0) is 24.5 Å². The third-order valence-electron chi connectivity index (χ3n) is 5.08. The second-order valence-electron chi connectivity index (χ2n) is 7.03. The van der Waals surface area contributed by atoms with Crippen LogP contribution in [0.4, 0.5) is 0 Å². The molecule has 0 spiro atoms. The Morgan fingerprint density at radius 2 is 1.92 bits per heavy atom. The monoisotopic (exact) mass is 357 g/mol. The van der Waals surface area contributed by atoms with Crippen molar-refractivity contribution >= 4 is 5.91 Å². The number of hydrogen-bond acceptors (Lipinski definition) is 5. The molecule has 1 saturated carbocycles. The molecule has 7 heteroatoms. The van der Waals surface area contributed by atoms with E-state index in [-0.39, 0.29) is 12.6 Å². The number of nitrogens with two attached hydrogens (primary N) is 2. The van der Waals surface area contributed by atoms with Gasteiger partial charge in [0.1, 0.15) is 5.82 Å². The summed E-state index contributed by atoms with van der Waals surface area (Å²) in [5.74, 6) is 1.42. The lowest BCUT2D eigenvalue weighted by atomic mass is 9.85. The molecular weight excluding hydrogens is 330 g/mol. The topological polar surface area (TPSA) is 120 Å². The number of aliphatic hydroxyl groups excluding tert-OH is 1. The maximum atomic E-state index is 11.2. The van der Waals surface area contributed by atoms with Gasteiger partial charge >= 0.3 is 0 Å². The Morgan fingerprint density at radius 3 is 2.54 bits per heavy atom. The molecule has 140 valence electrons. The van der Waals surface area contributed by atoms with Crippen molar-refractivity contribution in [1.29, 1.82) is 0 Å². The van der Waals surface area contributed by atoms with Crippen LogP contribution in [-0.2, 0) is 6.54 Å². The molecule has 0 aliphatic heterocycles. The number of aromatic nitrogens is 3. The third kappa shape index (κ3) is 4.28. The molecule has 0 radical (unpaired) electrons. The van der Waals surface area contributed by atoms with E-state index in [1.54, 1.807) is 28.9 Å². The summed E-state index contributed by atoms with van der Waals surface area (Å²) in [6.45, 7) is 0.340. The summed E-state index contributed by atoms with van der Waals surface area (Å²) in [5.41, 5.74) is 13.0. The Kier molecular flexibility index (Phi) is 6.00. The quantitative estimate of drug-likeness (QED) is 0.700. The molecule has 1 atom stereocenters. The fourth-order valence-electron chi connectivity index (χ4n) is 3.68. The minimum Gasteiger partial charge on any atom is -0.394 e. The summed E-state index contributed by atoms with van der Waals surface area (Å²) >= 11 is 0. The maximum Gasteiger partial charge on any atom is 0.248 e. The van der Waals surface area contributed by atoms with Gasteiger partial charge in [-0.1, -0.05) is 44.2 Å². The molecular formula is C19H27N5O2. The van der Waals surface area contributed by atoms with Crippen LogP contribution in [0.2, 0.25) is 0 Å². The highest BCUT2D eigenvalue weighted by Crippen LogP contribution is 2.31. The van der Waals surface area contributed by atoms with Crippen LogP contribution in [0, 0.1) is 5.92 Å². The molecule has 2 aromatic rings. The average molecular weight is 357 g/mol. The lowest BCUT2D eigenvalue weighted by Gasteiger charge is -2.24. The van der Waals surface area contributed by atoms with Gasteiger partial charge < -0.3 is 16.6 Å². The van der Waals surface area contributed by atoms with Gasteiger partial charge in [0.15, 0.2) is 5.82 Å². The van der Waals surface area contributed by atoms with Crippen LogP contribution >= 0.6 is 0 Å². The average Bonchev–Trinajstić information content (AvgIpc) is 3.07. The van der Waals surface area contributed by atoms with Crippen LogP contribution in [0.25, 0.3) is 11.4 Å². The molecule has 3 rings (SSSR count). The number of carbonyl (C=O) groups is 1. The van der Waals surface area contributed by atoms with E-state index in [0.29, 0.717) is 29.7 Å². The minimum atomic E-state index is -0.467. The predicted octanol–water partition coefficient (Wildman–Crippen LogP) is 2.01. The molecule has 0 saturated heterocycles. The second-order valence-corrected chi connectivity index (χ2v) is 7.03. The smallest absolute Gasteiger partial charge is 0.248 e. The van der Waals surface area contributed by atoms with Gasteiger partial charge in [0.25, 0.3) is 0 Å². The van der Waals surface area contributed by atoms with E-state index in [1.165, 1.54) is 32.1 Å². The first-order valence-electron chi connectivity index (χ1n) is 9.30. The Labute approximate surface area is 153 Å². The zero-order chi connectivity index (χ0) is 18.5. The third-order valence-corrected chi connectivity index (χ3v) is 5.08. The number of hydrogen-bond donors (Lipinski definition) is 3. The maximum absolute atomic E-state index is 11.2. The van der Waals surface area contributed by atoms with Crippen LogP contribution in [0.5, 0.6) is 0 Å². The van der Waals surface area contributed by atoms with Gasteiger partial charge in [0, 0.05) is 11.1 Å². The largest absolute Gasteiger partial charge is 0.394 e. The first kappa shape index (κ1) is 18.5. The Balaban J connectivity index is 1.81. The normalized spacial score (nSPS) is 16.5. The molecule has 7 nitrogen and oxygen atoms in total. The molecule has 5 N–H and O–H groups in total. The Bertz CT molecular complexity index is 735. The van der Waals surface area contributed by atoms with E-state index < -0.39 is 5.91 Å². The van der Waals surface area contributed by atoms with E-state index in [1.807, 2.05) is 0 Å². The van der Waals surface area contributed by atoms with Crippen LogP contribution in [0.3, 0.4) is 0 Å². The highest BCUT2D eigenvalue weighted by molar-refractivity contribution is 5.93. The molecule has 1 aliphatic carbocycles. The lowest BCUT2D eigenvalue weighted by Crippen LogP contribution is -2.22. The van der Waals surface area contributed by atoms with Crippen molar-refractivity contribution in [2.75, 3.05) is 6.61 Å². The number of amides is 1. The van der Waals surface area contributed by atoms with Crippen molar-refractivity contribution in [3.63, 3.8) is 0 Å². The van der Waals surface area contributed by atoms with E-state index >= 15 is 0 Å². The van der Waals surface area contributed by atoms with Crippen molar-refractivity contribution in [2.24, 2.45) is 17.4 Å². The molecule has 0 unspecified atom stereocenters. The van der Waals surface area contributed by atoms with E-state index in [9.17, 15) is 9.90 Å². The van der Waals surface area contributed by atoms with Crippen molar-refractivity contribution in [1.82, 2.24) is 14.8 Å². The highest BCUT2D eigenvalue weighted by atomic mass is 16.3. The summed E-state index contributed by atoms with van der Waals surface area (Å²) in [6, 6.07) is 6.67. The SMILES string of the molecule is NC(=O)c1ccc(-c2nc([C@@H](N)CC3CCCCC3)n(CCO)n2)cc1. The first-order chi connectivity index (χ1) is 12.6. The van der Waals surface area contributed by atoms with Crippen molar-refractivity contribution < 1.29 is 9.90 Å². The number of rotatable bonds is 7. The molecule has 1 aromatic carbocycles. The zero-order valence-corrected chi connectivity index (χ0v) is 15.0. The zero-order valence-electron chi connectivity index (χ0n) is 15.0. The molecule has 26 heavy (non-hydrogen) atoms. The molecule has 1 fully saturated rings. The number of nitrogens with zero attached hydrogens (tertiary/aromatic N) is 3. The number of benzene rings is 1. The van der Waals surface area contributed by atoms with Gasteiger partial charge in [0.2, 0.25) is 5.91 Å². The van der Waals surface area contributed by atoms with Gasteiger partial charge in [-0.15, -0.1) is 0 Å². The predicted molar refractivity (Wildman–Crippen MR) is 99.2 cm³/mol. The van der Waals surface area contributed by atoms with Crippen LogP contribution in [-0.4, -0.2) is 32.4 Å². The fourth-order valence-corrected chi connectivity index (χ4v) is 3.68. The summed E-state index contributed by atoms with van der Waals surface area (Å²) < 4.78 is 1.70. The van der Waals surface area contributed by atoms with Gasteiger partial charge in [-0.25, -0.2) is 9.67 Å². The number of primary amides is 1. The molecule has 1 heterocycles. The van der Waals surface area contributed by atoms with Crippen molar-refractivity contribution in [3.8, 4) is 11.4 Å². The Hall–Kier alpha value is -2.25. The first-order valence-corrected chi connectivity index (χ1v) is 9.30. The van der Waals surface area contributed by atoms with Crippen LogP contribution < -0.4 is 11.5 Å². The van der Waals surface area contributed by atoms with Crippen LogP contribution in [0.15, 0.2) is 24.3 Å². The minimum absolute atomic E-state index is 0.0213. The second kappa shape index (κ2) is 8.42. The highest BCUT2D eigenvalue weighted by Gasteiger charge is 2.22. The Morgan fingerprint density at radius 1 is 1.23 bits per heavy atom. The summed E-state index contributed by atoms with van der Waals surface area (Å²) in [5, 5.41) is 13.9. The molecule has 1 amide bonds.